The quantitative estimate of drug-likeness (QED) is 0.640. The number of carbonyl (C=O) groups is 1. The molecule has 3 nitrogen and oxygen atoms in total. The highest BCUT2D eigenvalue weighted by molar-refractivity contribution is 7.80. The van der Waals surface area contributed by atoms with Crippen molar-refractivity contribution in [1.82, 2.24) is 10.6 Å². The number of hydrogen-bond donors (Lipinski definition) is 2. The summed E-state index contributed by atoms with van der Waals surface area (Å²) in [7, 11) is 0. The molecule has 1 saturated carbocycles. The van der Waals surface area contributed by atoms with Crippen LogP contribution in [0.1, 0.15) is 26.2 Å². The van der Waals surface area contributed by atoms with E-state index in [-0.39, 0.29) is 11.8 Å². The lowest BCUT2D eigenvalue weighted by molar-refractivity contribution is -0.120. The summed E-state index contributed by atoms with van der Waals surface area (Å²) in [5, 5.41) is 6.07. The van der Waals surface area contributed by atoms with Gasteiger partial charge in [0.2, 0.25) is 5.91 Å². The third-order valence-electron chi connectivity index (χ3n) is 1.72. The van der Waals surface area contributed by atoms with Gasteiger partial charge in [-0.1, -0.05) is 6.92 Å². The summed E-state index contributed by atoms with van der Waals surface area (Å²) in [5.41, 5.74) is 0. The Bertz CT molecular complexity index is 189. The number of nitrogens with one attached hydrogen (secondary N) is 2. The van der Waals surface area contributed by atoms with Crippen molar-refractivity contribution in [2.45, 2.75) is 26.2 Å². The summed E-state index contributed by atoms with van der Waals surface area (Å²) in [6.07, 6.45) is 3.05. The van der Waals surface area contributed by atoms with E-state index in [4.69, 9.17) is 12.2 Å². The van der Waals surface area contributed by atoms with Gasteiger partial charge in [0, 0.05) is 12.5 Å². The van der Waals surface area contributed by atoms with E-state index in [0.29, 0.717) is 5.11 Å². The second-order valence-electron chi connectivity index (χ2n) is 3.02. The van der Waals surface area contributed by atoms with Crippen molar-refractivity contribution in [3.63, 3.8) is 0 Å². The Hall–Kier alpha value is -0.640. The molecule has 0 aromatic rings. The van der Waals surface area contributed by atoms with Crippen LogP contribution in [0.4, 0.5) is 0 Å². The summed E-state index contributed by atoms with van der Waals surface area (Å²) in [6.45, 7) is 2.88. The van der Waals surface area contributed by atoms with E-state index >= 15 is 0 Å². The fourth-order valence-corrected chi connectivity index (χ4v) is 1.04. The maximum Gasteiger partial charge on any atom is 0.229 e. The molecule has 2 N–H and O–H groups in total. The molecule has 12 heavy (non-hydrogen) atoms. The third kappa shape index (κ3) is 3.17. The number of hydrogen-bond acceptors (Lipinski definition) is 2. The van der Waals surface area contributed by atoms with E-state index in [2.05, 4.69) is 17.6 Å². The topological polar surface area (TPSA) is 41.1 Å². The largest absolute Gasteiger partial charge is 0.362 e. The molecular formula is C8H14N2OS. The van der Waals surface area contributed by atoms with Crippen LogP contribution in [0.25, 0.3) is 0 Å². The van der Waals surface area contributed by atoms with Crippen LogP contribution in [0.15, 0.2) is 0 Å². The van der Waals surface area contributed by atoms with Crippen LogP contribution in [-0.4, -0.2) is 17.6 Å². The van der Waals surface area contributed by atoms with Gasteiger partial charge in [-0.2, -0.15) is 0 Å². The lowest BCUT2D eigenvalue weighted by Gasteiger charge is -2.06. The SMILES string of the molecule is CCCNC(=S)NC(=O)C1CC1. The Morgan fingerprint density at radius 3 is 2.75 bits per heavy atom. The normalized spacial score (nSPS) is 15.4. The number of amides is 1. The highest BCUT2D eigenvalue weighted by Crippen LogP contribution is 2.28. The van der Waals surface area contributed by atoms with Crippen molar-refractivity contribution < 1.29 is 4.79 Å². The van der Waals surface area contributed by atoms with Gasteiger partial charge in [-0.25, -0.2) is 0 Å². The molecule has 0 spiro atoms. The van der Waals surface area contributed by atoms with Crippen molar-refractivity contribution in [2.24, 2.45) is 5.92 Å². The lowest BCUT2D eigenvalue weighted by Crippen LogP contribution is -2.40. The molecule has 68 valence electrons. The molecule has 1 fully saturated rings. The zero-order valence-corrected chi connectivity index (χ0v) is 8.04. The van der Waals surface area contributed by atoms with Crippen LogP contribution in [0.2, 0.25) is 0 Å². The predicted molar refractivity (Wildman–Crippen MR) is 51.8 cm³/mol. The van der Waals surface area contributed by atoms with Gasteiger partial charge in [0.05, 0.1) is 0 Å². The summed E-state index contributed by atoms with van der Waals surface area (Å²) in [5.74, 6) is 0.301. The second-order valence-corrected chi connectivity index (χ2v) is 3.43. The fraction of sp³-hybridized carbons (Fsp3) is 0.750. The summed E-state index contributed by atoms with van der Waals surface area (Å²) < 4.78 is 0. The van der Waals surface area contributed by atoms with Crippen LogP contribution < -0.4 is 10.6 Å². The van der Waals surface area contributed by atoms with Gasteiger partial charge >= 0.3 is 0 Å². The molecule has 0 aliphatic heterocycles. The fourth-order valence-electron chi connectivity index (χ4n) is 0.842. The average molecular weight is 186 g/mol. The minimum atomic E-state index is 0.0728. The molecule has 1 aliphatic rings. The molecule has 0 atom stereocenters. The molecule has 1 amide bonds. The van der Waals surface area contributed by atoms with Crippen LogP contribution in [0.5, 0.6) is 0 Å². The molecule has 0 aromatic carbocycles. The Morgan fingerprint density at radius 2 is 2.25 bits per heavy atom. The van der Waals surface area contributed by atoms with Gasteiger partial charge in [-0.05, 0) is 31.5 Å². The minimum absolute atomic E-state index is 0.0728. The van der Waals surface area contributed by atoms with E-state index in [0.717, 1.165) is 25.8 Å². The minimum Gasteiger partial charge on any atom is -0.362 e. The summed E-state index contributed by atoms with van der Waals surface area (Å²) in [4.78, 5) is 11.1. The average Bonchev–Trinajstić information content (AvgIpc) is 2.82. The van der Waals surface area contributed by atoms with Gasteiger partial charge in [0.1, 0.15) is 0 Å². The molecular weight excluding hydrogens is 172 g/mol. The zero-order chi connectivity index (χ0) is 8.97. The lowest BCUT2D eigenvalue weighted by atomic mass is 10.4. The van der Waals surface area contributed by atoms with Crippen molar-refractivity contribution in [3.8, 4) is 0 Å². The molecule has 4 heteroatoms. The van der Waals surface area contributed by atoms with Crippen LogP contribution in [0, 0.1) is 5.92 Å². The molecule has 1 rings (SSSR count). The van der Waals surface area contributed by atoms with E-state index in [9.17, 15) is 4.79 Å². The molecule has 0 unspecified atom stereocenters. The van der Waals surface area contributed by atoms with Crippen molar-refractivity contribution >= 4 is 23.2 Å². The zero-order valence-electron chi connectivity index (χ0n) is 7.22. The van der Waals surface area contributed by atoms with Crippen molar-refractivity contribution in [2.75, 3.05) is 6.54 Å². The summed E-state index contributed by atoms with van der Waals surface area (Å²) in [6, 6.07) is 0. The molecule has 0 aromatic heterocycles. The van der Waals surface area contributed by atoms with Gasteiger partial charge in [-0.3, -0.25) is 4.79 Å². The Morgan fingerprint density at radius 1 is 1.58 bits per heavy atom. The first-order chi connectivity index (χ1) is 5.74. The van der Waals surface area contributed by atoms with Gasteiger partial charge in [-0.15, -0.1) is 0 Å². The van der Waals surface area contributed by atoms with Gasteiger partial charge in [0.25, 0.3) is 0 Å². The molecule has 0 bridgehead atoms. The molecule has 1 aliphatic carbocycles. The summed E-state index contributed by atoms with van der Waals surface area (Å²) >= 11 is 4.90. The van der Waals surface area contributed by atoms with Crippen LogP contribution in [0.3, 0.4) is 0 Å². The first-order valence-electron chi connectivity index (χ1n) is 4.32. The van der Waals surface area contributed by atoms with Gasteiger partial charge in [0.15, 0.2) is 5.11 Å². The molecule has 0 saturated heterocycles. The van der Waals surface area contributed by atoms with E-state index in [1.165, 1.54) is 0 Å². The van der Waals surface area contributed by atoms with Crippen LogP contribution in [-0.2, 0) is 4.79 Å². The van der Waals surface area contributed by atoms with Gasteiger partial charge < -0.3 is 10.6 Å². The number of carbonyl (C=O) groups excluding carboxylic acids is 1. The highest BCUT2D eigenvalue weighted by atomic mass is 32.1. The Kier molecular flexibility index (Phi) is 3.47. The van der Waals surface area contributed by atoms with Crippen LogP contribution >= 0.6 is 12.2 Å². The molecule has 0 heterocycles. The van der Waals surface area contributed by atoms with Crippen molar-refractivity contribution in [3.05, 3.63) is 0 Å². The Balaban J connectivity index is 2.11. The Labute approximate surface area is 77.9 Å². The maximum atomic E-state index is 11.1. The van der Waals surface area contributed by atoms with E-state index < -0.39 is 0 Å². The van der Waals surface area contributed by atoms with E-state index in [1.54, 1.807) is 0 Å². The second kappa shape index (κ2) is 4.40. The standard InChI is InChI=1S/C8H14N2OS/c1-2-5-9-8(12)10-7(11)6-3-4-6/h6H,2-5H2,1H3,(H2,9,10,11,12). The predicted octanol–water partition coefficient (Wildman–Crippen LogP) is 0.797. The first-order valence-corrected chi connectivity index (χ1v) is 4.73. The van der Waals surface area contributed by atoms with E-state index in [1.807, 2.05) is 0 Å². The number of thiocarbonyl (C=S) groups is 1. The first kappa shape index (κ1) is 9.45. The third-order valence-corrected chi connectivity index (χ3v) is 1.97. The number of rotatable bonds is 3. The highest BCUT2D eigenvalue weighted by Gasteiger charge is 2.29. The van der Waals surface area contributed by atoms with Crippen molar-refractivity contribution in [1.29, 1.82) is 0 Å². The monoisotopic (exact) mass is 186 g/mol. The molecule has 0 radical (unpaired) electrons. The smallest absolute Gasteiger partial charge is 0.229 e. The maximum absolute atomic E-state index is 11.1.